The topological polar surface area (TPSA) is 93.9 Å². The Labute approximate surface area is 146 Å². The standard InChI is InChI=1S/C15H24N4O3S2/c1-10(14(20)16-12-5-3-4-6-12)23-15-18-17-13(19(15)2)11-7-8-24(21,22)9-11/h10-12H,3-9H2,1-2H3,(H,16,20)/t10-,11+/m1/s1. The molecule has 0 radical (unpaired) electrons. The minimum Gasteiger partial charge on any atom is -0.352 e. The predicted octanol–water partition coefficient (Wildman–Crippen LogP) is 1.26. The van der Waals surface area contributed by atoms with Crippen LogP contribution in [0, 0.1) is 0 Å². The van der Waals surface area contributed by atoms with E-state index >= 15 is 0 Å². The Morgan fingerprint density at radius 3 is 2.62 bits per heavy atom. The molecule has 134 valence electrons. The number of nitrogens with one attached hydrogen (secondary N) is 1. The highest BCUT2D eigenvalue weighted by Gasteiger charge is 2.33. The second kappa shape index (κ2) is 7.03. The monoisotopic (exact) mass is 372 g/mol. The quantitative estimate of drug-likeness (QED) is 0.782. The van der Waals surface area contributed by atoms with Crippen LogP contribution in [-0.2, 0) is 21.7 Å². The number of hydrogen-bond acceptors (Lipinski definition) is 6. The van der Waals surface area contributed by atoms with Crippen molar-refractivity contribution in [2.75, 3.05) is 11.5 Å². The third-order valence-electron chi connectivity index (χ3n) is 4.82. The molecule has 1 aliphatic heterocycles. The van der Waals surface area contributed by atoms with Gasteiger partial charge in [0.05, 0.1) is 16.8 Å². The molecule has 0 bridgehead atoms. The zero-order chi connectivity index (χ0) is 17.3. The first-order valence-corrected chi connectivity index (χ1v) is 11.1. The van der Waals surface area contributed by atoms with Gasteiger partial charge in [0.2, 0.25) is 5.91 Å². The normalized spacial score (nSPS) is 25.0. The van der Waals surface area contributed by atoms with Gasteiger partial charge in [0.25, 0.3) is 0 Å². The molecular formula is C15H24N4O3S2. The van der Waals surface area contributed by atoms with E-state index in [1.165, 1.54) is 24.6 Å². The third kappa shape index (κ3) is 3.93. The van der Waals surface area contributed by atoms with Gasteiger partial charge in [-0.1, -0.05) is 24.6 Å². The molecule has 3 rings (SSSR count). The summed E-state index contributed by atoms with van der Waals surface area (Å²) in [5.74, 6) is 0.987. The second-order valence-electron chi connectivity index (χ2n) is 6.75. The first-order chi connectivity index (χ1) is 11.4. The molecule has 2 fully saturated rings. The molecule has 0 spiro atoms. The molecule has 1 N–H and O–H groups in total. The van der Waals surface area contributed by atoms with Crippen LogP contribution >= 0.6 is 11.8 Å². The lowest BCUT2D eigenvalue weighted by Crippen LogP contribution is -2.37. The van der Waals surface area contributed by atoms with Crippen LogP contribution in [0.5, 0.6) is 0 Å². The summed E-state index contributed by atoms with van der Waals surface area (Å²) in [6, 6.07) is 0.305. The molecule has 24 heavy (non-hydrogen) atoms. The Morgan fingerprint density at radius 2 is 2.00 bits per heavy atom. The van der Waals surface area contributed by atoms with E-state index in [9.17, 15) is 13.2 Å². The number of hydrogen-bond donors (Lipinski definition) is 1. The Kier molecular flexibility index (Phi) is 5.19. The number of aromatic nitrogens is 3. The average Bonchev–Trinajstić information content (AvgIpc) is 3.22. The van der Waals surface area contributed by atoms with Crippen LogP contribution in [0.2, 0.25) is 0 Å². The molecule has 1 aromatic heterocycles. The molecule has 1 saturated carbocycles. The van der Waals surface area contributed by atoms with E-state index in [4.69, 9.17) is 0 Å². The van der Waals surface area contributed by atoms with Gasteiger partial charge >= 0.3 is 0 Å². The van der Waals surface area contributed by atoms with Crippen LogP contribution in [0.15, 0.2) is 5.16 Å². The maximum atomic E-state index is 12.3. The van der Waals surface area contributed by atoms with E-state index in [1.807, 2.05) is 18.5 Å². The van der Waals surface area contributed by atoms with Crippen molar-refractivity contribution >= 4 is 27.5 Å². The van der Waals surface area contributed by atoms with Crippen LogP contribution in [0.25, 0.3) is 0 Å². The van der Waals surface area contributed by atoms with E-state index in [1.54, 1.807) is 0 Å². The third-order valence-corrected chi connectivity index (χ3v) is 7.72. The molecule has 0 aromatic carbocycles. The summed E-state index contributed by atoms with van der Waals surface area (Å²) in [5, 5.41) is 11.8. The summed E-state index contributed by atoms with van der Waals surface area (Å²) < 4.78 is 25.1. The number of rotatable bonds is 5. The maximum absolute atomic E-state index is 12.3. The summed E-state index contributed by atoms with van der Waals surface area (Å²) in [5.41, 5.74) is 0. The van der Waals surface area contributed by atoms with Gasteiger partial charge in [-0.05, 0) is 26.2 Å². The molecule has 1 saturated heterocycles. The first-order valence-electron chi connectivity index (χ1n) is 8.42. The van der Waals surface area contributed by atoms with Gasteiger partial charge in [0, 0.05) is 19.0 Å². The molecule has 2 atom stereocenters. The Morgan fingerprint density at radius 1 is 1.29 bits per heavy atom. The van der Waals surface area contributed by atoms with Crippen molar-refractivity contribution in [1.82, 2.24) is 20.1 Å². The van der Waals surface area contributed by atoms with Gasteiger partial charge in [-0.2, -0.15) is 0 Å². The van der Waals surface area contributed by atoms with Gasteiger partial charge in [-0.3, -0.25) is 4.79 Å². The smallest absolute Gasteiger partial charge is 0.233 e. The van der Waals surface area contributed by atoms with E-state index in [0.717, 1.165) is 12.8 Å². The van der Waals surface area contributed by atoms with E-state index in [-0.39, 0.29) is 28.6 Å². The van der Waals surface area contributed by atoms with Gasteiger partial charge in [0.1, 0.15) is 5.82 Å². The highest BCUT2D eigenvalue weighted by atomic mass is 32.2. The van der Waals surface area contributed by atoms with Crippen molar-refractivity contribution in [3.8, 4) is 0 Å². The molecule has 7 nitrogen and oxygen atoms in total. The fraction of sp³-hybridized carbons (Fsp3) is 0.800. The van der Waals surface area contributed by atoms with E-state index in [2.05, 4.69) is 15.5 Å². The van der Waals surface area contributed by atoms with Crippen LogP contribution in [0.3, 0.4) is 0 Å². The van der Waals surface area contributed by atoms with Crippen LogP contribution in [0.1, 0.15) is 50.8 Å². The Hall–Kier alpha value is -1.09. The van der Waals surface area contributed by atoms with Crippen molar-refractivity contribution in [3.05, 3.63) is 5.82 Å². The summed E-state index contributed by atoms with van der Waals surface area (Å²) in [6.07, 6.45) is 5.09. The molecule has 1 aromatic rings. The van der Waals surface area contributed by atoms with E-state index < -0.39 is 9.84 Å². The zero-order valence-electron chi connectivity index (χ0n) is 14.1. The minimum absolute atomic E-state index is 0.0277. The molecule has 0 unspecified atom stereocenters. The average molecular weight is 373 g/mol. The highest BCUT2D eigenvalue weighted by Crippen LogP contribution is 2.30. The zero-order valence-corrected chi connectivity index (χ0v) is 15.7. The number of nitrogens with zero attached hydrogens (tertiary/aromatic N) is 3. The number of thioether (sulfide) groups is 1. The SMILES string of the molecule is C[C@@H](Sc1nnc([C@H]2CCS(=O)(=O)C2)n1C)C(=O)NC1CCCC1. The lowest BCUT2D eigenvalue weighted by molar-refractivity contribution is -0.120. The number of carbonyl (C=O) groups is 1. The number of carbonyl (C=O) groups excluding carboxylic acids is 1. The van der Waals surface area contributed by atoms with Gasteiger partial charge in [0.15, 0.2) is 15.0 Å². The second-order valence-corrected chi connectivity index (χ2v) is 10.3. The summed E-state index contributed by atoms with van der Waals surface area (Å²) in [6.45, 7) is 1.86. The van der Waals surface area contributed by atoms with Crippen molar-refractivity contribution in [2.45, 2.75) is 61.4 Å². The van der Waals surface area contributed by atoms with Crippen LogP contribution in [0.4, 0.5) is 0 Å². The molecule has 1 amide bonds. The summed E-state index contributed by atoms with van der Waals surface area (Å²) >= 11 is 1.37. The van der Waals surface area contributed by atoms with Gasteiger partial charge in [-0.15, -0.1) is 10.2 Å². The van der Waals surface area contributed by atoms with Crippen LogP contribution in [-0.4, -0.2) is 51.9 Å². The van der Waals surface area contributed by atoms with Crippen molar-refractivity contribution < 1.29 is 13.2 Å². The van der Waals surface area contributed by atoms with Crippen LogP contribution < -0.4 is 5.32 Å². The Bertz CT molecular complexity index is 710. The number of sulfone groups is 1. The maximum Gasteiger partial charge on any atom is 0.233 e. The molecular weight excluding hydrogens is 348 g/mol. The highest BCUT2D eigenvalue weighted by molar-refractivity contribution is 8.00. The molecule has 1 aliphatic carbocycles. The predicted molar refractivity (Wildman–Crippen MR) is 92.7 cm³/mol. The molecule has 2 aliphatic rings. The van der Waals surface area contributed by atoms with Gasteiger partial charge < -0.3 is 9.88 Å². The molecule has 2 heterocycles. The lowest BCUT2D eigenvalue weighted by Gasteiger charge is -2.16. The van der Waals surface area contributed by atoms with Crippen molar-refractivity contribution in [3.63, 3.8) is 0 Å². The van der Waals surface area contributed by atoms with Gasteiger partial charge in [-0.25, -0.2) is 8.42 Å². The van der Waals surface area contributed by atoms with Crippen molar-refractivity contribution in [2.24, 2.45) is 7.05 Å². The van der Waals surface area contributed by atoms with Crippen molar-refractivity contribution in [1.29, 1.82) is 0 Å². The summed E-state index contributed by atoms with van der Waals surface area (Å²) in [7, 11) is -1.12. The minimum atomic E-state index is -2.95. The number of amides is 1. The summed E-state index contributed by atoms with van der Waals surface area (Å²) in [4.78, 5) is 12.3. The Balaban J connectivity index is 1.62. The molecule has 9 heteroatoms. The fourth-order valence-corrected chi connectivity index (χ4v) is 5.95. The first kappa shape index (κ1) is 17.7. The van der Waals surface area contributed by atoms with E-state index in [0.29, 0.717) is 23.4 Å². The lowest BCUT2D eigenvalue weighted by atomic mass is 10.1. The fourth-order valence-electron chi connectivity index (χ4n) is 3.38. The largest absolute Gasteiger partial charge is 0.352 e.